The van der Waals surface area contributed by atoms with Crippen LogP contribution in [0.15, 0.2) is 12.3 Å². The van der Waals surface area contributed by atoms with Crippen molar-refractivity contribution in [2.24, 2.45) is 0 Å². The Kier molecular flexibility index (Phi) is 4.01. The second kappa shape index (κ2) is 5.93. The fourth-order valence-electron chi connectivity index (χ4n) is 2.68. The highest BCUT2D eigenvalue weighted by molar-refractivity contribution is 6.28. The fraction of sp³-hybridized carbons (Fsp3) is 0.400. The zero-order valence-corrected chi connectivity index (χ0v) is 12.2. The minimum absolute atomic E-state index is 0.0171. The number of carbonyl (C=O) groups is 1. The second-order valence-corrected chi connectivity index (χ2v) is 5.59. The third kappa shape index (κ3) is 2.97. The van der Waals surface area contributed by atoms with Gasteiger partial charge in [-0.05, 0) is 36.9 Å². The lowest BCUT2D eigenvalue weighted by Crippen LogP contribution is -2.00. The van der Waals surface area contributed by atoms with Crippen molar-refractivity contribution in [3.63, 3.8) is 0 Å². The quantitative estimate of drug-likeness (QED) is 0.811. The summed E-state index contributed by atoms with van der Waals surface area (Å²) in [4.78, 5) is 22.9. The molecule has 0 atom stereocenters. The molecule has 21 heavy (non-hydrogen) atoms. The number of aromatic nitrogens is 3. The molecule has 0 spiro atoms. The molecule has 0 saturated heterocycles. The number of rotatable bonds is 1. The number of nitrogens with zero attached hydrogens (tertiary/aromatic N) is 2. The van der Waals surface area contributed by atoms with Crippen molar-refractivity contribution in [2.45, 2.75) is 38.5 Å². The Hall–Kier alpha value is -1.75. The van der Waals surface area contributed by atoms with Crippen molar-refractivity contribution in [3.8, 4) is 11.4 Å². The van der Waals surface area contributed by atoms with Crippen LogP contribution in [0.5, 0.6) is 0 Å². The van der Waals surface area contributed by atoms with E-state index in [1.54, 1.807) is 6.07 Å². The van der Waals surface area contributed by atoms with Crippen LogP contribution < -0.4 is 0 Å². The number of carbonyl (C=O) groups excluding carboxylic acids is 1. The van der Waals surface area contributed by atoms with Gasteiger partial charge in [-0.3, -0.25) is 4.79 Å². The summed E-state index contributed by atoms with van der Waals surface area (Å²) in [7, 11) is 0. The molecule has 0 bridgehead atoms. The Balaban J connectivity index is 2.04. The first-order valence-corrected chi connectivity index (χ1v) is 7.46. The molecule has 1 aliphatic rings. The van der Waals surface area contributed by atoms with Crippen molar-refractivity contribution < 1.29 is 9.18 Å². The fourth-order valence-corrected chi connectivity index (χ4v) is 2.81. The number of H-pyrrole nitrogens is 1. The van der Waals surface area contributed by atoms with Crippen LogP contribution >= 0.6 is 11.6 Å². The summed E-state index contributed by atoms with van der Waals surface area (Å²) in [5.41, 5.74) is 2.11. The van der Waals surface area contributed by atoms with E-state index in [2.05, 4.69) is 15.0 Å². The summed E-state index contributed by atoms with van der Waals surface area (Å²) in [6, 6.07) is 1.69. The van der Waals surface area contributed by atoms with E-state index in [0.29, 0.717) is 17.7 Å². The van der Waals surface area contributed by atoms with Crippen molar-refractivity contribution >= 4 is 17.4 Å². The van der Waals surface area contributed by atoms with Crippen LogP contribution in [-0.4, -0.2) is 20.7 Å². The van der Waals surface area contributed by atoms with Gasteiger partial charge in [0.15, 0.2) is 11.6 Å². The first-order valence-electron chi connectivity index (χ1n) is 7.08. The van der Waals surface area contributed by atoms with Gasteiger partial charge in [0.1, 0.15) is 5.69 Å². The molecule has 3 rings (SSSR count). The topological polar surface area (TPSA) is 58.6 Å². The summed E-state index contributed by atoms with van der Waals surface area (Å²) in [5.74, 6) is -0.451. The zero-order chi connectivity index (χ0) is 14.8. The molecule has 0 saturated carbocycles. The second-order valence-electron chi connectivity index (χ2n) is 5.25. The number of ketones is 1. The number of hydrogen-bond acceptors (Lipinski definition) is 3. The van der Waals surface area contributed by atoms with Crippen LogP contribution in [0.2, 0.25) is 5.28 Å². The number of aryl methyl sites for hydroxylation is 1. The summed E-state index contributed by atoms with van der Waals surface area (Å²) in [6.45, 7) is 0. The average Bonchev–Trinajstić information content (AvgIpc) is 2.90. The lowest BCUT2D eigenvalue weighted by molar-refractivity contribution is 0.0979. The molecule has 6 heteroatoms. The highest BCUT2D eigenvalue weighted by atomic mass is 35.5. The van der Waals surface area contributed by atoms with Crippen LogP contribution in [-0.2, 0) is 6.42 Å². The van der Waals surface area contributed by atoms with Crippen molar-refractivity contribution in [3.05, 3.63) is 34.6 Å². The predicted octanol–water partition coefficient (Wildman–Crippen LogP) is 3.95. The van der Waals surface area contributed by atoms with Crippen LogP contribution in [0.1, 0.15) is 48.2 Å². The minimum atomic E-state index is -0.557. The van der Waals surface area contributed by atoms with Crippen molar-refractivity contribution in [1.29, 1.82) is 0 Å². The first kappa shape index (κ1) is 14.2. The summed E-state index contributed by atoms with van der Waals surface area (Å²) < 4.78 is 13.9. The molecule has 0 amide bonds. The highest BCUT2D eigenvalue weighted by Crippen LogP contribution is 2.27. The molecule has 0 aliphatic heterocycles. The van der Waals surface area contributed by atoms with Crippen LogP contribution in [0.3, 0.4) is 0 Å². The Morgan fingerprint density at radius 2 is 1.95 bits per heavy atom. The van der Waals surface area contributed by atoms with Crippen LogP contribution in [0.4, 0.5) is 4.39 Å². The average molecular weight is 308 g/mol. The van der Waals surface area contributed by atoms with Gasteiger partial charge < -0.3 is 4.98 Å². The van der Waals surface area contributed by atoms with Crippen LogP contribution in [0, 0.1) is 5.82 Å². The Morgan fingerprint density at radius 1 is 1.19 bits per heavy atom. The summed E-state index contributed by atoms with van der Waals surface area (Å²) >= 11 is 5.73. The van der Waals surface area contributed by atoms with Gasteiger partial charge in [0, 0.05) is 17.7 Å². The predicted molar refractivity (Wildman–Crippen MR) is 77.9 cm³/mol. The SMILES string of the molecule is O=C1CCCCCCc2[nH]c(-c3nc(Cl)ncc3F)cc21. The molecule has 0 unspecified atom stereocenters. The molecular formula is C15H15ClFN3O. The molecular weight excluding hydrogens is 293 g/mol. The molecule has 4 nitrogen and oxygen atoms in total. The van der Waals surface area contributed by atoms with E-state index in [0.717, 1.165) is 44.0 Å². The van der Waals surface area contributed by atoms with Crippen molar-refractivity contribution in [1.82, 2.24) is 15.0 Å². The normalized spacial score (nSPS) is 16.0. The lowest BCUT2D eigenvalue weighted by atomic mass is 10.1. The van der Waals surface area contributed by atoms with E-state index in [-0.39, 0.29) is 16.8 Å². The lowest BCUT2D eigenvalue weighted by Gasteiger charge is -2.00. The molecule has 1 aliphatic carbocycles. The number of halogens is 2. The molecule has 0 fully saturated rings. The zero-order valence-electron chi connectivity index (χ0n) is 11.5. The first-order chi connectivity index (χ1) is 10.1. The van der Waals surface area contributed by atoms with Gasteiger partial charge in [0.25, 0.3) is 0 Å². The maximum Gasteiger partial charge on any atom is 0.223 e. The number of aromatic amines is 1. The third-order valence-electron chi connectivity index (χ3n) is 3.75. The Bertz CT molecular complexity index is 684. The van der Waals surface area contributed by atoms with Gasteiger partial charge in [-0.15, -0.1) is 0 Å². The molecule has 2 aromatic rings. The number of nitrogens with one attached hydrogen (secondary N) is 1. The Morgan fingerprint density at radius 3 is 2.76 bits per heavy atom. The summed E-state index contributed by atoms with van der Waals surface area (Å²) in [5, 5.41) is -0.0171. The van der Waals surface area contributed by atoms with E-state index < -0.39 is 5.82 Å². The van der Waals surface area contributed by atoms with E-state index in [9.17, 15) is 9.18 Å². The van der Waals surface area contributed by atoms with E-state index in [4.69, 9.17) is 11.6 Å². The maximum atomic E-state index is 13.9. The van der Waals surface area contributed by atoms with Gasteiger partial charge in [0.05, 0.1) is 11.9 Å². The van der Waals surface area contributed by atoms with E-state index in [1.807, 2.05) is 0 Å². The standard InChI is InChI=1S/C15H15ClFN3O/c16-15-18-8-10(17)14(20-15)12-7-9-11(19-12)5-3-1-2-4-6-13(9)21/h7-8,19H,1-6H2. The number of hydrogen-bond donors (Lipinski definition) is 1. The van der Waals surface area contributed by atoms with E-state index in [1.165, 1.54) is 0 Å². The van der Waals surface area contributed by atoms with E-state index >= 15 is 0 Å². The molecule has 2 aromatic heterocycles. The van der Waals surface area contributed by atoms with Gasteiger partial charge >= 0.3 is 0 Å². The molecule has 0 radical (unpaired) electrons. The number of Topliss-reactive ketones (excluding diaryl/α,β-unsaturated/α-hetero) is 1. The highest BCUT2D eigenvalue weighted by Gasteiger charge is 2.19. The molecule has 0 aromatic carbocycles. The van der Waals surface area contributed by atoms with Crippen LogP contribution in [0.25, 0.3) is 11.4 Å². The largest absolute Gasteiger partial charge is 0.356 e. The van der Waals surface area contributed by atoms with Gasteiger partial charge in [-0.1, -0.05) is 12.8 Å². The monoisotopic (exact) mass is 307 g/mol. The van der Waals surface area contributed by atoms with Gasteiger partial charge in [0.2, 0.25) is 5.28 Å². The maximum absolute atomic E-state index is 13.9. The summed E-state index contributed by atoms with van der Waals surface area (Å²) in [6.07, 6.45) is 6.49. The third-order valence-corrected chi connectivity index (χ3v) is 3.93. The van der Waals surface area contributed by atoms with Crippen molar-refractivity contribution in [2.75, 3.05) is 0 Å². The number of fused-ring (bicyclic) bond motifs is 1. The van der Waals surface area contributed by atoms with Gasteiger partial charge in [-0.2, -0.15) is 0 Å². The smallest absolute Gasteiger partial charge is 0.223 e. The minimum Gasteiger partial charge on any atom is -0.356 e. The molecule has 110 valence electrons. The molecule has 1 N–H and O–H groups in total. The molecule has 2 heterocycles. The Labute approximate surface area is 126 Å². The van der Waals surface area contributed by atoms with Gasteiger partial charge in [-0.25, -0.2) is 14.4 Å².